The van der Waals surface area contributed by atoms with Crippen LogP contribution in [0.3, 0.4) is 0 Å². The molecule has 0 aliphatic heterocycles. The summed E-state index contributed by atoms with van der Waals surface area (Å²) in [6.07, 6.45) is -4.33. The summed E-state index contributed by atoms with van der Waals surface area (Å²) in [7, 11) is 0. The molecule has 0 N–H and O–H groups in total. The Labute approximate surface area is 87.3 Å². The topological polar surface area (TPSA) is 12.9 Å². The number of hydrogen-bond acceptors (Lipinski definition) is 1. The first kappa shape index (κ1) is 12.0. The highest BCUT2D eigenvalue weighted by Crippen LogP contribution is 2.36. The summed E-state index contributed by atoms with van der Waals surface area (Å²) in [5.41, 5.74) is -0.528. The van der Waals surface area contributed by atoms with Crippen LogP contribution in [-0.4, -0.2) is 4.98 Å². The molecule has 0 aliphatic rings. The Balaban J connectivity index is 3.41. The third-order valence-electron chi connectivity index (χ3n) is 2.05. The molecule has 1 rings (SSSR count). The first-order valence-corrected chi connectivity index (χ1v) is 4.67. The molecule has 0 spiro atoms. The lowest BCUT2D eigenvalue weighted by molar-refractivity contribution is -0.139. The van der Waals surface area contributed by atoms with E-state index in [1.807, 2.05) is 0 Å². The molecule has 0 radical (unpaired) electrons. The number of halogens is 3. The molecule has 0 aromatic carbocycles. The Morgan fingerprint density at radius 3 is 2.00 bits per heavy atom. The van der Waals surface area contributed by atoms with E-state index in [4.69, 9.17) is 0 Å². The molecule has 4 heteroatoms. The van der Waals surface area contributed by atoms with Crippen LogP contribution in [0.4, 0.5) is 13.2 Å². The van der Waals surface area contributed by atoms with Crippen molar-refractivity contribution in [3.63, 3.8) is 0 Å². The van der Waals surface area contributed by atoms with Crippen LogP contribution in [0, 0.1) is 6.92 Å². The fourth-order valence-electron chi connectivity index (χ4n) is 1.36. The maximum atomic E-state index is 12.7. The van der Waals surface area contributed by atoms with Gasteiger partial charge in [-0.05, 0) is 19.1 Å². The van der Waals surface area contributed by atoms with E-state index in [2.05, 4.69) is 4.98 Å². The van der Waals surface area contributed by atoms with Crippen LogP contribution in [0.15, 0.2) is 12.1 Å². The Kier molecular flexibility index (Phi) is 2.81. The first-order valence-electron chi connectivity index (χ1n) is 4.67. The van der Waals surface area contributed by atoms with Crippen molar-refractivity contribution in [3.05, 3.63) is 29.1 Å². The lowest BCUT2D eigenvalue weighted by Crippen LogP contribution is -2.21. The number of hydrogen-bond donors (Lipinski definition) is 0. The predicted molar refractivity (Wildman–Crippen MR) is 52.7 cm³/mol. The molecule has 0 saturated carbocycles. The van der Waals surface area contributed by atoms with Gasteiger partial charge in [0, 0.05) is 11.1 Å². The highest BCUT2D eigenvalue weighted by atomic mass is 19.4. The van der Waals surface area contributed by atoms with Crippen LogP contribution in [0.5, 0.6) is 0 Å². The van der Waals surface area contributed by atoms with Gasteiger partial charge >= 0.3 is 6.18 Å². The normalized spacial score (nSPS) is 13.0. The van der Waals surface area contributed by atoms with Crippen molar-refractivity contribution < 1.29 is 13.2 Å². The van der Waals surface area contributed by atoms with E-state index in [9.17, 15) is 13.2 Å². The molecular weight excluding hydrogens is 203 g/mol. The number of aryl methyl sites for hydroxylation is 1. The number of rotatable bonds is 0. The fourth-order valence-corrected chi connectivity index (χ4v) is 1.36. The van der Waals surface area contributed by atoms with Gasteiger partial charge in [0.05, 0.1) is 11.3 Å². The van der Waals surface area contributed by atoms with Gasteiger partial charge in [-0.3, -0.25) is 4.98 Å². The number of aromatic nitrogens is 1. The zero-order chi connectivity index (χ0) is 11.9. The second-order valence-electron chi connectivity index (χ2n) is 4.60. The predicted octanol–water partition coefficient (Wildman–Crippen LogP) is 3.71. The first-order chi connectivity index (χ1) is 6.62. The monoisotopic (exact) mass is 217 g/mol. The van der Waals surface area contributed by atoms with Crippen molar-refractivity contribution in [1.29, 1.82) is 0 Å². The minimum atomic E-state index is -4.33. The average molecular weight is 217 g/mol. The van der Waals surface area contributed by atoms with Crippen molar-refractivity contribution in [1.82, 2.24) is 4.98 Å². The van der Waals surface area contributed by atoms with Gasteiger partial charge in [-0.2, -0.15) is 13.2 Å². The van der Waals surface area contributed by atoms with Crippen molar-refractivity contribution in [2.45, 2.75) is 39.3 Å². The Bertz CT molecular complexity index is 361. The van der Waals surface area contributed by atoms with Crippen LogP contribution >= 0.6 is 0 Å². The molecule has 0 saturated heterocycles. The molecule has 0 bridgehead atoms. The third kappa shape index (κ3) is 2.70. The maximum absolute atomic E-state index is 12.7. The molecule has 1 heterocycles. The lowest BCUT2D eigenvalue weighted by Gasteiger charge is -2.23. The second-order valence-corrected chi connectivity index (χ2v) is 4.60. The maximum Gasteiger partial charge on any atom is 0.418 e. The highest BCUT2D eigenvalue weighted by Gasteiger charge is 2.37. The van der Waals surface area contributed by atoms with Crippen molar-refractivity contribution in [2.24, 2.45) is 0 Å². The smallest absolute Gasteiger partial charge is 0.257 e. The molecule has 1 nitrogen and oxygen atoms in total. The number of pyridine rings is 1. The van der Waals surface area contributed by atoms with Gasteiger partial charge in [-0.1, -0.05) is 20.8 Å². The van der Waals surface area contributed by atoms with E-state index in [1.54, 1.807) is 27.7 Å². The molecule has 0 aliphatic carbocycles. The van der Waals surface area contributed by atoms with Gasteiger partial charge in [-0.25, -0.2) is 0 Å². The van der Waals surface area contributed by atoms with E-state index in [0.717, 1.165) is 6.07 Å². The Morgan fingerprint density at radius 1 is 1.07 bits per heavy atom. The molecular formula is C11H14F3N. The summed E-state index contributed by atoms with van der Waals surface area (Å²) >= 11 is 0. The van der Waals surface area contributed by atoms with E-state index >= 15 is 0 Å². The summed E-state index contributed by atoms with van der Waals surface area (Å²) in [5, 5.41) is 0. The van der Waals surface area contributed by atoms with Crippen LogP contribution in [-0.2, 0) is 11.6 Å². The minimum Gasteiger partial charge on any atom is -0.257 e. The summed E-state index contributed by atoms with van der Waals surface area (Å²) in [6.45, 7) is 6.87. The van der Waals surface area contributed by atoms with Crippen LogP contribution in [0.25, 0.3) is 0 Å². The number of nitrogens with zero attached hydrogens (tertiary/aromatic N) is 1. The van der Waals surface area contributed by atoms with E-state index in [-0.39, 0.29) is 5.69 Å². The molecule has 0 unspecified atom stereocenters. The average Bonchev–Trinajstić information content (AvgIpc) is 2.00. The van der Waals surface area contributed by atoms with E-state index in [1.165, 1.54) is 6.07 Å². The molecule has 1 aromatic rings. The van der Waals surface area contributed by atoms with E-state index < -0.39 is 17.2 Å². The molecule has 0 fully saturated rings. The summed E-state index contributed by atoms with van der Waals surface area (Å²) in [6, 6.07) is 2.49. The highest BCUT2D eigenvalue weighted by molar-refractivity contribution is 5.30. The molecule has 1 aromatic heterocycles. The lowest BCUT2D eigenvalue weighted by atomic mass is 9.88. The van der Waals surface area contributed by atoms with Gasteiger partial charge in [0.1, 0.15) is 0 Å². The molecule has 84 valence electrons. The van der Waals surface area contributed by atoms with Crippen molar-refractivity contribution >= 4 is 0 Å². The van der Waals surface area contributed by atoms with Crippen LogP contribution in [0.1, 0.15) is 37.7 Å². The third-order valence-corrected chi connectivity index (χ3v) is 2.05. The van der Waals surface area contributed by atoms with E-state index in [0.29, 0.717) is 5.69 Å². The molecule has 15 heavy (non-hydrogen) atoms. The second kappa shape index (κ2) is 3.51. The Hall–Kier alpha value is -1.06. The zero-order valence-electron chi connectivity index (χ0n) is 9.24. The van der Waals surface area contributed by atoms with Gasteiger partial charge in [-0.15, -0.1) is 0 Å². The van der Waals surface area contributed by atoms with Gasteiger partial charge in [0.25, 0.3) is 0 Å². The molecule has 0 amide bonds. The zero-order valence-corrected chi connectivity index (χ0v) is 9.24. The SMILES string of the molecule is Cc1ccc(C(F)(F)F)c(C(C)(C)C)n1. The summed E-state index contributed by atoms with van der Waals surface area (Å²) in [5.74, 6) is 0. The van der Waals surface area contributed by atoms with Gasteiger partial charge in [0.15, 0.2) is 0 Å². The Morgan fingerprint density at radius 2 is 1.60 bits per heavy atom. The molecule has 0 atom stereocenters. The van der Waals surface area contributed by atoms with Crippen LogP contribution < -0.4 is 0 Å². The fraction of sp³-hybridized carbons (Fsp3) is 0.545. The van der Waals surface area contributed by atoms with Gasteiger partial charge in [0.2, 0.25) is 0 Å². The largest absolute Gasteiger partial charge is 0.418 e. The standard InChI is InChI=1S/C11H14F3N/c1-7-5-6-8(11(12,13)14)9(15-7)10(2,3)4/h5-6H,1-4H3. The van der Waals surface area contributed by atoms with Crippen LogP contribution in [0.2, 0.25) is 0 Å². The summed E-state index contributed by atoms with van der Waals surface area (Å²) < 4.78 is 38.0. The summed E-state index contributed by atoms with van der Waals surface area (Å²) in [4.78, 5) is 3.99. The quantitative estimate of drug-likeness (QED) is 0.645. The van der Waals surface area contributed by atoms with Gasteiger partial charge < -0.3 is 0 Å². The van der Waals surface area contributed by atoms with Crippen molar-refractivity contribution in [3.8, 4) is 0 Å². The number of alkyl halides is 3. The minimum absolute atomic E-state index is 0.106. The van der Waals surface area contributed by atoms with Crippen molar-refractivity contribution in [2.75, 3.05) is 0 Å².